The number of piperidine rings is 1. The summed E-state index contributed by atoms with van der Waals surface area (Å²) in [4.78, 5) is 11.3. The molecule has 0 aromatic heterocycles. The first kappa shape index (κ1) is 15.6. The Labute approximate surface area is 110 Å². The van der Waals surface area contributed by atoms with Gasteiger partial charge in [-0.05, 0) is 33.6 Å². The van der Waals surface area contributed by atoms with Crippen LogP contribution in [0.15, 0.2) is 0 Å². The summed E-state index contributed by atoms with van der Waals surface area (Å²) in [5.41, 5.74) is 0. The third-order valence-electron chi connectivity index (χ3n) is 3.48. The van der Waals surface area contributed by atoms with Gasteiger partial charge in [0.1, 0.15) is 5.78 Å². The van der Waals surface area contributed by atoms with Gasteiger partial charge in [-0.2, -0.15) is 17.0 Å². The third-order valence-corrected chi connectivity index (χ3v) is 5.71. The Bertz CT molecular complexity index is 392. The largest absolute Gasteiger partial charge is 0.300 e. The van der Waals surface area contributed by atoms with Gasteiger partial charge in [0.25, 0.3) is 10.2 Å². The Morgan fingerprint density at radius 1 is 1.39 bits per heavy atom. The second-order valence-corrected chi connectivity index (χ2v) is 7.22. The molecule has 0 aromatic rings. The summed E-state index contributed by atoms with van der Waals surface area (Å²) in [7, 11) is -1.84. The lowest BCUT2D eigenvalue weighted by atomic mass is 10.0. The summed E-state index contributed by atoms with van der Waals surface area (Å²) in [6.45, 7) is 5.74. The van der Waals surface area contributed by atoms with Crippen LogP contribution in [-0.2, 0) is 15.0 Å². The molecule has 1 saturated heterocycles. The predicted octanol–water partition coefficient (Wildman–Crippen LogP) is 1.40. The van der Waals surface area contributed by atoms with Gasteiger partial charge < -0.3 is 0 Å². The summed E-state index contributed by atoms with van der Waals surface area (Å²) >= 11 is 0. The summed E-state index contributed by atoms with van der Waals surface area (Å²) in [5.74, 6) is 0.0503. The van der Waals surface area contributed by atoms with Crippen LogP contribution in [0.5, 0.6) is 0 Å². The lowest BCUT2D eigenvalue weighted by Gasteiger charge is -2.37. The van der Waals surface area contributed by atoms with Crippen LogP contribution >= 0.6 is 0 Å². The van der Waals surface area contributed by atoms with E-state index in [1.54, 1.807) is 7.05 Å². The number of Topliss-reactive ketones (excluding diaryl/α,β-unsaturated/α-hetero) is 1. The van der Waals surface area contributed by atoms with Crippen molar-refractivity contribution in [2.75, 3.05) is 13.6 Å². The van der Waals surface area contributed by atoms with Crippen LogP contribution in [0.3, 0.4) is 0 Å². The lowest BCUT2D eigenvalue weighted by molar-refractivity contribution is -0.118. The Kier molecular flexibility index (Phi) is 5.31. The lowest BCUT2D eigenvalue weighted by Crippen LogP contribution is -2.51. The van der Waals surface area contributed by atoms with E-state index in [4.69, 9.17) is 0 Å². The van der Waals surface area contributed by atoms with Crippen molar-refractivity contribution >= 4 is 16.0 Å². The van der Waals surface area contributed by atoms with Gasteiger partial charge in [-0.25, -0.2) is 0 Å². The van der Waals surface area contributed by atoms with E-state index in [0.29, 0.717) is 13.0 Å². The molecule has 0 bridgehead atoms. The minimum Gasteiger partial charge on any atom is -0.300 e. The molecule has 1 heterocycles. The van der Waals surface area contributed by atoms with E-state index in [1.165, 1.54) is 15.5 Å². The summed E-state index contributed by atoms with van der Waals surface area (Å²) < 4.78 is 27.8. The molecule has 1 rings (SSSR count). The number of carbonyl (C=O) groups is 1. The smallest absolute Gasteiger partial charge is 0.282 e. The second kappa shape index (κ2) is 6.12. The molecule has 5 nitrogen and oxygen atoms in total. The SMILES string of the molecule is CC(=O)CC1CCCCN1S(=O)(=O)N(C)C(C)C. The molecular weight excluding hydrogens is 252 g/mol. The number of hydrogen-bond donors (Lipinski definition) is 0. The zero-order chi connectivity index (χ0) is 13.9. The van der Waals surface area contributed by atoms with E-state index in [-0.39, 0.29) is 17.9 Å². The number of ketones is 1. The first-order valence-electron chi connectivity index (χ1n) is 6.51. The molecule has 1 aliphatic heterocycles. The van der Waals surface area contributed by atoms with Gasteiger partial charge in [-0.3, -0.25) is 4.79 Å². The molecule has 1 unspecified atom stereocenters. The van der Waals surface area contributed by atoms with Crippen molar-refractivity contribution < 1.29 is 13.2 Å². The molecule has 0 radical (unpaired) electrons. The number of carbonyl (C=O) groups excluding carboxylic acids is 1. The minimum absolute atomic E-state index is 0.0503. The van der Waals surface area contributed by atoms with Gasteiger partial charge in [-0.15, -0.1) is 0 Å². The van der Waals surface area contributed by atoms with Crippen molar-refractivity contribution in [2.24, 2.45) is 0 Å². The van der Waals surface area contributed by atoms with Crippen LogP contribution in [0, 0.1) is 0 Å². The first-order valence-corrected chi connectivity index (χ1v) is 7.90. The van der Waals surface area contributed by atoms with Crippen molar-refractivity contribution in [2.45, 2.75) is 58.5 Å². The van der Waals surface area contributed by atoms with Crippen molar-refractivity contribution in [3.05, 3.63) is 0 Å². The van der Waals surface area contributed by atoms with Gasteiger partial charge in [0.2, 0.25) is 0 Å². The van der Waals surface area contributed by atoms with E-state index < -0.39 is 10.2 Å². The van der Waals surface area contributed by atoms with Gasteiger partial charge in [0, 0.05) is 32.1 Å². The molecule has 0 aliphatic carbocycles. The fourth-order valence-corrected chi connectivity index (χ4v) is 4.03. The molecule has 0 saturated carbocycles. The normalized spacial score (nSPS) is 22.7. The van der Waals surface area contributed by atoms with Crippen LogP contribution in [0.25, 0.3) is 0 Å². The zero-order valence-electron chi connectivity index (χ0n) is 11.7. The van der Waals surface area contributed by atoms with E-state index in [2.05, 4.69) is 0 Å². The molecule has 0 spiro atoms. The van der Waals surface area contributed by atoms with Gasteiger partial charge in [0.05, 0.1) is 0 Å². The summed E-state index contributed by atoms with van der Waals surface area (Å²) in [6.07, 6.45) is 2.98. The van der Waals surface area contributed by atoms with E-state index in [9.17, 15) is 13.2 Å². The molecule has 6 heteroatoms. The molecule has 1 aliphatic rings. The standard InChI is InChI=1S/C12H24N2O3S/c1-10(2)13(4)18(16,17)14-8-6-5-7-12(14)9-11(3)15/h10,12H,5-9H2,1-4H3. The number of nitrogens with zero attached hydrogens (tertiary/aromatic N) is 2. The van der Waals surface area contributed by atoms with Crippen molar-refractivity contribution in [1.82, 2.24) is 8.61 Å². The van der Waals surface area contributed by atoms with Crippen molar-refractivity contribution in [3.8, 4) is 0 Å². The fourth-order valence-electron chi connectivity index (χ4n) is 2.25. The highest BCUT2D eigenvalue weighted by Gasteiger charge is 2.36. The first-order chi connectivity index (χ1) is 8.26. The van der Waals surface area contributed by atoms with Crippen molar-refractivity contribution in [1.29, 1.82) is 0 Å². The van der Waals surface area contributed by atoms with E-state index in [1.807, 2.05) is 13.8 Å². The third kappa shape index (κ3) is 3.52. The summed E-state index contributed by atoms with van der Waals surface area (Å²) in [5, 5.41) is 0. The van der Waals surface area contributed by atoms with E-state index >= 15 is 0 Å². The quantitative estimate of drug-likeness (QED) is 0.763. The fraction of sp³-hybridized carbons (Fsp3) is 0.917. The van der Waals surface area contributed by atoms with Crippen LogP contribution in [0.1, 0.15) is 46.5 Å². The molecule has 1 fully saturated rings. The number of hydrogen-bond acceptors (Lipinski definition) is 3. The highest BCUT2D eigenvalue weighted by atomic mass is 32.2. The van der Waals surface area contributed by atoms with Crippen LogP contribution in [0.2, 0.25) is 0 Å². The minimum atomic E-state index is -3.44. The topological polar surface area (TPSA) is 57.7 Å². The molecule has 106 valence electrons. The Balaban J connectivity index is 2.92. The van der Waals surface area contributed by atoms with Gasteiger partial charge >= 0.3 is 0 Å². The molecular formula is C12H24N2O3S. The predicted molar refractivity (Wildman–Crippen MR) is 71.5 cm³/mol. The van der Waals surface area contributed by atoms with Crippen LogP contribution < -0.4 is 0 Å². The van der Waals surface area contributed by atoms with Crippen LogP contribution in [-0.4, -0.2) is 48.5 Å². The Hall–Kier alpha value is -0.460. The molecule has 0 N–H and O–H groups in total. The molecule has 18 heavy (non-hydrogen) atoms. The molecule has 0 aromatic carbocycles. The maximum Gasteiger partial charge on any atom is 0.282 e. The van der Waals surface area contributed by atoms with Gasteiger partial charge in [0.15, 0.2) is 0 Å². The van der Waals surface area contributed by atoms with E-state index in [0.717, 1.165) is 19.3 Å². The van der Waals surface area contributed by atoms with Crippen molar-refractivity contribution in [3.63, 3.8) is 0 Å². The Morgan fingerprint density at radius 3 is 2.50 bits per heavy atom. The second-order valence-electron chi connectivity index (χ2n) is 5.28. The maximum absolute atomic E-state index is 12.5. The highest BCUT2D eigenvalue weighted by Crippen LogP contribution is 2.25. The Morgan fingerprint density at radius 2 is 2.00 bits per heavy atom. The van der Waals surface area contributed by atoms with Gasteiger partial charge in [-0.1, -0.05) is 6.42 Å². The summed E-state index contributed by atoms with van der Waals surface area (Å²) in [6, 6.07) is -0.239. The molecule has 0 amide bonds. The zero-order valence-corrected chi connectivity index (χ0v) is 12.5. The highest BCUT2D eigenvalue weighted by molar-refractivity contribution is 7.86. The number of rotatable bonds is 5. The monoisotopic (exact) mass is 276 g/mol. The molecule has 1 atom stereocenters. The van der Waals surface area contributed by atoms with Crippen LogP contribution in [0.4, 0.5) is 0 Å². The maximum atomic E-state index is 12.5. The average Bonchev–Trinajstić information content (AvgIpc) is 2.27. The average molecular weight is 276 g/mol.